The Balaban J connectivity index is 1.43. The van der Waals surface area contributed by atoms with Gasteiger partial charge in [0.1, 0.15) is 5.02 Å². The molecular formula is C23H21ClN6O2. The molecule has 0 saturated carbocycles. The third-order valence-electron chi connectivity index (χ3n) is 5.72. The second-order valence-corrected chi connectivity index (χ2v) is 8.21. The summed E-state index contributed by atoms with van der Waals surface area (Å²) in [5.41, 5.74) is 2.41. The number of hydrogen-bond donors (Lipinski definition) is 1. The van der Waals surface area contributed by atoms with Crippen LogP contribution in [0.15, 0.2) is 55.0 Å². The molecule has 1 N–H and O–H groups in total. The zero-order valence-corrected chi connectivity index (χ0v) is 18.0. The minimum Gasteiger partial charge on any atom is -0.323 e. The molecule has 2 amide bonds. The predicted octanol–water partition coefficient (Wildman–Crippen LogP) is 4.26. The number of carbonyl (C=O) groups excluding carboxylic acids is 2. The van der Waals surface area contributed by atoms with Gasteiger partial charge in [0, 0.05) is 19.4 Å². The van der Waals surface area contributed by atoms with E-state index in [9.17, 15) is 9.59 Å². The van der Waals surface area contributed by atoms with Crippen LogP contribution >= 0.6 is 11.6 Å². The van der Waals surface area contributed by atoms with E-state index in [0.717, 1.165) is 17.7 Å². The van der Waals surface area contributed by atoms with Crippen molar-refractivity contribution in [1.82, 2.24) is 15.0 Å². The van der Waals surface area contributed by atoms with Gasteiger partial charge in [-0.25, -0.2) is 4.98 Å². The van der Waals surface area contributed by atoms with Crippen molar-refractivity contribution in [3.8, 4) is 0 Å². The van der Waals surface area contributed by atoms with Gasteiger partial charge >= 0.3 is 0 Å². The van der Waals surface area contributed by atoms with E-state index in [1.54, 1.807) is 22.2 Å². The summed E-state index contributed by atoms with van der Waals surface area (Å²) >= 11 is 6.42. The van der Waals surface area contributed by atoms with Crippen molar-refractivity contribution >= 4 is 46.6 Å². The van der Waals surface area contributed by atoms with Crippen molar-refractivity contribution in [2.75, 3.05) is 21.7 Å². The van der Waals surface area contributed by atoms with Gasteiger partial charge < -0.3 is 10.2 Å². The van der Waals surface area contributed by atoms with Gasteiger partial charge in [-0.3, -0.25) is 19.5 Å². The maximum absolute atomic E-state index is 12.7. The number of hydrogen-bond acceptors (Lipinski definition) is 6. The fourth-order valence-corrected chi connectivity index (χ4v) is 4.40. The van der Waals surface area contributed by atoms with Crippen LogP contribution in [0.4, 0.5) is 23.1 Å². The van der Waals surface area contributed by atoms with Gasteiger partial charge in [0.15, 0.2) is 5.82 Å². The molecule has 4 heterocycles. The first-order valence-corrected chi connectivity index (χ1v) is 10.9. The Morgan fingerprint density at radius 2 is 1.88 bits per heavy atom. The average molecular weight is 449 g/mol. The third-order valence-corrected chi connectivity index (χ3v) is 5.98. The maximum Gasteiger partial charge on any atom is 0.229 e. The Kier molecular flexibility index (Phi) is 5.45. The Bertz CT molecular complexity index is 1170. The highest BCUT2D eigenvalue weighted by Gasteiger charge is 2.35. The van der Waals surface area contributed by atoms with E-state index in [1.807, 2.05) is 36.4 Å². The van der Waals surface area contributed by atoms with Crippen LogP contribution in [0.2, 0.25) is 5.02 Å². The van der Waals surface area contributed by atoms with Crippen LogP contribution in [0.25, 0.3) is 0 Å². The summed E-state index contributed by atoms with van der Waals surface area (Å²) in [4.78, 5) is 41.2. The summed E-state index contributed by atoms with van der Waals surface area (Å²) in [6, 6.07) is 11.6. The number of nitrogens with zero attached hydrogens (tertiary/aromatic N) is 5. The van der Waals surface area contributed by atoms with Gasteiger partial charge in [-0.2, -0.15) is 4.98 Å². The minimum atomic E-state index is -0.130. The summed E-state index contributed by atoms with van der Waals surface area (Å²) < 4.78 is 0. The van der Waals surface area contributed by atoms with E-state index in [4.69, 9.17) is 11.6 Å². The molecule has 2 saturated heterocycles. The summed E-state index contributed by atoms with van der Waals surface area (Å²) in [6.45, 7) is 0.684. The fourth-order valence-electron chi connectivity index (χ4n) is 4.22. The molecule has 32 heavy (non-hydrogen) atoms. The van der Waals surface area contributed by atoms with Crippen molar-refractivity contribution in [3.05, 3.63) is 65.6 Å². The molecule has 2 aromatic heterocycles. The molecule has 2 aliphatic heterocycles. The Labute approximate surface area is 190 Å². The minimum absolute atomic E-state index is 0.0263. The summed E-state index contributed by atoms with van der Waals surface area (Å²) in [7, 11) is 0. The molecule has 0 radical (unpaired) electrons. The zero-order chi connectivity index (χ0) is 22.1. The van der Waals surface area contributed by atoms with Crippen LogP contribution in [0.3, 0.4) is 0 Å². The number of nitrogens with one attached hydrogen (secondary N) is 1. The number of rotatable bonds is 5. The predicted molar refractivity (Wildman–Crippen MR) is 122 cm³/mol. The number of benzene rings is 1. The molecule has 1 atom stereocenters. The Morgan fingerprint density at radius 3 is 2.66 bits per heavy atom. The van der Waals surface area contributed by atoms with Crippen LogP contribution in [0.1, 0.15) is 37.3 Å². The lowest BCUT2D eigenvalue weighted by molar-refractivity contribution is -0.117. The molecule has 1 unspecified atom stereocenters. The number of amides is 2. The second kappa shape index (κ2) is 8.55. The monoisotopic (exact) mass is 448 g/mol. The van der Waals surface area contributed by atoms with E-state index in [0.29, 0.717) is 48.3 Å². The average Bonchev–Trinajstić information content (AvgIpc) is 3.41. The van der Waals surface area contributed by atoms with Crippen LogP contribution in [0, 0.1) is 0 Å². The number of halogens is 1. The third kappa shape index (κ3) is 3.89. The van der Waals surface area contributed by atoms with Gasteiger partial charge in [0.2, 0.25) is 17.8 Å². The van der Waals surface area contributed by atoms with Gasteiger partial charge in [-0.1, -0.05) is 41.9 Å². The SMILES string of the molecule is O=C1CCCN1c1cncc(Nc2ncc(Cl)c(N3C(=O)CCC3c3ccccc3)n2)c1. The van der Waals surface area contributed by atoms with Gasteiger partial charge in [-0.05, 0) is 24.5 Å². The lowest BCUT2D eigenvalue weighted by atomic mass is 10.0. The van der Waals surface area contributed by atoms with Gasteiger partial charge in [0.05, 0.1) is 36.0 Å². The smallest absolute Gasteiger partial charge is 0.229 e. The largest absolute Gasteiger partial charge is 0.323 e. The molecule has 2 fully saturated rings. The number of aromatic nitrogens is 3. The van der Waals surface area contributed by atoms with Gasteiger partial charge in [-0.15, -0.1) is 0 Å². The van der Waals surface area contributed by atoms with Crippen molar-refractivity contribution in [2.45, 2.75) is 31.7 Å². The molecule has 162 valence electrons. The Morgan fingerprint density at radius 1 is 1.03 bits per heavy atom. The van der Waals surface area contributed by atoms with Crippen molar-refractivity contribution in [3.63, 3.8) is 0 Å². The molecule has 9 heteroatoms. The number of pyridine rings is 1. The van der Waals surface area contributed by atoms with Crippen molar-refractivity contribution < 1.29 is 9.59 Å². The molecule has 1 aromatic carbocycles. The maximum atomic E-state index is 12.7. The van der Waals surface area contributed by atoms with Gasteiger partial charge in [0.25, 0.3) is 0 Å². The van der Waals surface area contributed by atoms with Crippen LogP contribution in [-0.4, -0.2) is 33.3 Å². The molecule has 0 spiro atoms. The normalized spacial score (nSPS) is 18.5. The Hall–Kier alpha value is -3.52. The van der Waals surface area contributed by atoms with E-state index >= 15 is 0 Å². The number of anilines is 4. The molecular weight excluding hydrogens is 428 g/mol. The van der Waals surface area contributed by atoms with E-state index in [-0.39, 0.29) is 17.9 Å². The highest BCUT2D eigenvalue weighted by Crippen LogP contribution is 2.39. The van der Waals surface area contributed by atoms with Crippen LogP contribution in [0.5, 0.6) is 0 Å². The first-order chi connectivity index (χ1) is 15.6. The molecule has 8 nitrogen and oxygen atoms in total. The zero-order valence-electron chi connectivity index (χ0n) is 17.2. The molecule has 3 aromatic rings. The van der Waals surface area contributed by atoms with Crippen LogP contribution < -0.4 is 15.1 Å². The van der Waals surface area contributed by atoms with Crippen LogP contribution in [-0.2, 0) is 9.59 Å². The molecule has 0 aliphatic carbocycles. The van der Waals surface area contributed by atoms with E-state index < -0.39 is 0 Å². The highest BCUT2D eigenvalue weighted by atomic mass is 35.5. The molecule has 0 bridgehead atoms. The summed E-state index contributed by atoms with van der Waals surface area (Å²) in [5, 5.41) is 3.43. The standard InChI is InChI=1S/C23H21ClN6O2/c24-18-14-26-23(27-16-11-17(13-25-12-16)29-10-4-7-20(29)31)28-22(18)30-19(8-9-21(30)32)15-5-2-1-3-6-15/h1-3,5-6,11-14,19H,4,7-10H2,(H,26,27,28). The van der Waals surface area contributed by atoms with Crippen molar-refractivity contribution in [1.29, 1.82) is 0 Å². The molecule has 5 rings (SSSR count). The second-order valence-electron chi connectivity index (χ2n) is 7.80. The quantitative estimate of drug-likeness (QED) is 0.627. The summed E-state index contributed by atoms with van der Waals surface area (Å²) in [5.74, 6) is 0.733. The lowest BCUT2D eigenvalue weighted by Crippen LogP contribution is -2.28. The van der Waals surface area contributed by atoms with E-state index in [2.05, 4.69) is 20.3 Å². The van der Waals surface area contributed by atoms with Crippen molar-refractivity contribution in [2.24, 2.45) is 0 Å². The first kappa shape index (κ1) is 20.4. The fraction of sp³-hybridized carbons (Fsp3) is 0.261. The first-order valence-electron chi connectivity index (χ1n) is 10.5. The van der Waals surface area contributed by atoms with E-state index in [1.165, 1.54) is 6.20 Å². The number of carbonyl (C=O) groups is 2. The topological polar surface area (TPSA) is 91.3 Å². The molecule has 2 aliphatic rings. The lowest BCUT2D eigenvalue weighted by Gasteiger charge is -2.25. The summed E-state index contributed by atoms with van der Waals surface area (Å²) in [6.07, 6.45) is 7.30. The highest BCUT2D eigenvalue weighted by molar-refractivity contribution is 6.33.